The first-order chi connectivity index (χ1) is 34.7. The van der Waals surface area contributed by atoms with Crippen molar-refractivity contribution < 1.29 is 47.8 Å². The fourth-order valence-electron chi connectivity index (χ4n) is 8.82. The minimum Gasteiger partial charge on any atom is -0.443 e. The topological polar surface area (TPSA) is 265 Å². The monoisotopic (exact) mass is 978 g/mol. The summed E-state index contributed by atoms with van der Waals surface area (Å²) in [5.74, 6) is -2.88. The normalized spacial score (nSPS) is 16.6. The van der Waals surface area contributed by atoms with Crippen molar-refractivity contribution in [3.63, 3.8) is 0 Å². The number of amides is 8. The zero-order valence-corrected chi connectivity index (χ0v) is 39.9. The minimum absolute atomic E-state index is 0.0121. The van der Waals surface area contributed by atoms with Gasteiger partial charge in [0, 0.05) is 97.3 Å². The number of urea groups is 2. The van der Waals surface area contributed by atoms with Crippen molar-refractivity contribution in [1.82, 2.24) is 51.7 Å². The lowest BCUT2D eigenvalue weighted by Gasteiger charge is -2.17. The molecule has 372 valence electrons. The van der Waals surface area contributed by atoms with Gasteiger partial charge in [-0.1, -0.05) is 36.4 Å². The molecule has 6 aromatic rings. The molecule has 0 spiro atoms. The quantitative estimate of drug-likeness (QED) is 0.0237. The highest BCUT2D eigenvalue weighted by Crippen LogP contribution is 2.26. The number of hydrogen-bond donors (Lipinski definition) is 8. The van der Waals surface area contributed by atoms with E-state index in [1.54, 1.807) is 75.0 Å². The van der Waals surface area contributed by atoms with Crippen LogP contribution in [0.15, 0.2) is 109 Å². The van der Waals surface area contributed by atoms with Crippen LogP contribution >= 0.6 is 0 Å². The van der Waals surface area contributed by atoms with Crippen LogP contribution in [0.5, 0.6) is 0 Å². The Balaban J connectivity index is 0.829. The maximum atomic E-state index is 13.4. The molecule has 20 nitrogen and oxygen atoms in total. The van der Waals surface area contributed by atoms with Crippen LogP contribution in [0.25, 0.3) is 21.8 Å². The SMILES string of the molecule is CNC(=O)c1cccc(CN2C(=O)NC(Cc3ccc4[nH]cc(CC(NC)OC(=O)/C=C\C(=O)OC(Cc5c[nH]c6ccc(CC7NC(=O)N(Cc8cccc(C(=O)NC)c8)C7=O)cc56)NC)c4c3)C2=O)c1. The number of aromatic nitrogens is 2. The molecule has 8 rings (SSSR count). The van der Waals surface area contributed by atoms with Gasteiger partial charge in [-0.3, -0.25) is 39.6 Å². The summed E-state index contributed by atoms with van der Waals surface area (Å²) in [4.78, 5) is 112. The maximum Gasteiger partial charge on any atom is 0.332 e. The van der Waals surface area contributed by atoms with Gasteiger partial charge in [0.1, 0.15) is 12.1 Å². The number of benzene rings is 4. The predicted octanol–water partition coefficient (Wildman–Crippen LogP) is 3.21. The van der Waals surface area contributed by atoms with Crippen molar-refractivity contribution >= 4 is 69.4 Å². The lowest BCUT2D eigenvalue weighted by atomic mass is 10.0. The van der Waals surface area contributed by atoms with Crippen molar-refractivity contribution in [2.45, 2.75) is 63.3 Å². The van der Waals surface area contributed by atoms with Crippen LogP contribution in [0.1, 0.15) is 54.1 Å². The van der Waals surface area contributed by atoms with Crippen molar-refractivity contribution in [1.29, 1.82) is 0 Å². The van der Waals surface area contributed by atoms with E-state index in [2.05, 4.69) is 41.9 Å². The Morgan fingerprint density at radius 3 is 1.38 bits per heavy atom. The fourth-order valence-corrected chi connectivity index (χ4v) is 8.82. The summed E-state index contributed by atoms with van der Waals surface area (Å²) in [6.45, 7) is 0.0242. The van der Waals surface area contributed by atoms with Gasteiger partial charge >= 0.3 is 24.0 Å². The second-order valence-corrected chi connectivity index (χ2v) is 17.4. The van der Waals surface area contributed by atoms with Gasteiger partial charge in [-0.2, -0.15) is 0 Å². The second-order valence-electron chi connectivity index (χ2n) is 17.4. The summed E-state index contributed by atoms with van der Waals surface area (Å²) in [5.41, 5.74) is 6.94. The number of ether oxygens (including phenoxy) is 2. The Labute approximate surface area is 413 Å². The average molecular weight is 979 g/mol. The third-order valence-corrected chi connectivity index (χ3v) is 12.6. The number of hydrogen-bond acceptors (Lipinski definition) is 12. The number of carbonyl (C=O) groups excluding carboxylic acids is 8. The standard InChI is InChI=1S/C52H54N10O10/c1-53-43(23-35-25-57-39-13-11-29(19-37(35)39)21-41-49(67)61(51(69)59-41)27-31-7-5-9-33(17-31)47(65)55-3)71-45(63)15-16-46(64)72-44(54-2)24-36-26-58-40-14-12-30(20-38(36)40)22-42-50(68)62(52(70)60-42)28-32-8-6-10-34(18-32)48(66)56-4/h5-20,25-26,41-44,53-54,57-58H,21-24,27-28H2,1-4H3,(H,55,65)(H,56,66)(H,59,69)(H,60,70)/b16-15-. The van der Waals surface area contributed by atoms with Crippen LogP contribution in [-0.4, -0.2) is 120 Å². The van der Waals surface area contributed by atoms with E-state index in [0.29, 0.717) is 22.3 Å². The lowest BCUT2D eigenvalue weighted by molar-refractivity contribution is -0.147. The van der Waals surface area contributed by atoms with Gasteiger partial charge in [0.25, 0.3) is 23.6 Å². The molecule has 4 aromatic carbocycles. The number of nitrogens with one attached hydrogen (secondary N) is 8. The van der Waals surface area contributed by atoms with E-state index in [1.807, 2.05) is 36.4 Å². The molecule has 2 saturated heterocycles. The molecule has 72 heavy (non-hydrogen) atoms. The highest BCUT2D eigenvalue weighted by molar-refractivity contribution is 6.05. The van der Waals surface area contributed by atoms with E-state index in [1.165, 1.54) is 14.1 Å². The molecule has 8 amide bonds. The number of imide groups is 2. The third-order valence-electron chi connectivity index (χ3n) is 12.6. The molecule has 2 fully saturated rings. The Morgan fingerprint density at radius 1 is 0.569 bits per heavy atom. The molecule has 2 aliphatic rings. The van der Waals surface area contributed by atoms with E-state index < -0.39 is 48.5 Å². The first-order valence-corrected chi connectivity index (χ1v) is 23.2. The van der Waals surface area contributed by atoms with E-state index in [0.717, 1.165) is 66.0 Å². The van der Waals surface area contributed by atoms with E-state index in [-0.39, 0.29) is 62.4 Å². The molecule has 2 aromatic heterocycles. The first kappa shape index (κ1) is 49.8. The highest BCUT2D eigenvalue weighted by Gasteiger charge is 2.39. The van der Waals surface area contributed by atoms with Crippen molar-refractivity contribution in [2.24, 2.45) is 0 Å². The van der Waals surface area contributed by atoms with Gasteiger partial charge in [0.15, 0.2) is 12.5 Å². The number of H-pyrrole nitrogens is 2. The third kappa shape index (κ3) is 11.4. The Morgan fingerprint density at radius 2 is 0.986 bits per heavy atom. The Kier molecular flexibility index (Phi) is 15.2. The molecular weight excluding hydrogens is 925 g/mol. The number of carbonyl (C=O) groups is 8. The average Bonchev–Trinajstić information content (AvgIpc) is 4.12. The van der Waals surface area contributed by atoms with Gasteiger partial charge in [-0.15, -0.1) is 0 Å². The van der Waals surface area contributed by atoms with Crippen molar-refractivity contribution in [2.75, 3.05) is 28.2 Å². The predicted molar refractivity (Wildman–Crippen MR) is 264 cm³/mol. The molecule has 4 atom stereocenters. The number of likely N-dealkylation sites (N-methyl/N-ethyl adjacent to an activating group) is 2. The molecule has 0 aliphatic carbocycles. The molecule has 4 unspecified atom stereocenters. The molecule has 8 N–H and O–H groups in total. The van der Waals surface area contributed by atoms with Crippen LogP contribution in [0, 0.1) is 0 Å². The Bertz CT molecular complexity index is 2920. The molecular formula is C52H54N10O10. The summed E-state index contributed by atoms with van der Waals surface area (Å²) >= 11 is 0. The number of esters is 2. The van der Waals surface area contributed by atoms with Crippen LogP contribution in [0.4, 0.5) is 9.59 Å². The fraction of sp³-hybridized carbons (Fsp3) is 0.269. The van der Waals surface area contributed by atoms with Gasteiger partial charge < -0.3 is 40.7 Å². The molecule has 2 aliphatic heterocycles. The molecule has 0 bridgehead atoms. The van der Waals surface area contributed by atoms with Crippen LogP contribution < -0.4 is 31.9 Å². The summed E-state index contributed by atoms with van der Waals surface area (Å²) < 4.78 is 11.3. The van der Waals surface area contributed by atoms with Crippen LogP contribution in [-0.2, 0) is 67.4 Å². The molecule has 0 saturated carbocycles. The number of nitrogens with zero attached hydrogens (tertiary/aromatic N) is 2. The zero-order chi connectivity index (χ0) is 51.1. The minimum atomic E-state index is -0.795. The van der Waals surface area contributed by atoms with Crippen molar-refractivity contribution in [3.05, 3.63) is 154 Å². The summed E-state index contributed by atoms with van der Waals surface area (Å²) in [7, 11) is 6.32. The largest absolute Gasteiger partial charge is 0.443 e. The zero-order valence-electron chi connectivity index (χ0n) is 39.9. The summed E-state index contributed by atoms with van der Waals surface area (Å²) in [5, 5.41) is 18.3. The van der Waals surface area contributed by atoms with E-state index >= 15 is 0 Å². The molecule has 0 radical (unpaired) electrons. The van der Waals surface area contributed by atoms with Gasteiger partial charge in [-0.25, -0.2) is 19.2 Å². The van der Waals surface area contributed by atoms with E-state index in [4.69, 9.17) is 9.47 Å². The molecule has 4 heterocycles. The van der Waals surface area contributed by atoms with E-state index in [9.17, 15) is 38.4 Å². The van der Waals surface area contributed by atoms with Crippen LogP contribution in [0.3, 0.4) is 0 Å². The number of fused-ring (bicyclic) bond motifs is 2. The summed E-state index contributed by atoms with van der Waals surface area (Å²) in [6.07, 6.45) is 4.97. The first-order valence-electron chi connectivity index (χ1n) is 23.2. The van der Waals surface area contributed by atoms with Gasteiger partial charge in [-0.05, 0) is 96.0 Å². The highest BCUT2D eigenvalue weighted by atomic mass is 16.6. The van der Waals surface area contributed by atoms with Gasteiger partial charge in [0.05, 0.1) is 13.1 Å². The van der Waals surface area contributed by atoms with Gasteiger partial charge in [0.2, 0.25) is 0 Å². The maximum absolute atomic E-state index is 13.4. The van der Waals surface area contributed by atoms with Crippen molar-refractivity contribution in [3.8, 4) is 0 Å². The number of rotatable bonds is 20. The Hall–Kier alpha value is -8.62. The second kappa shape index (κ2) is 22.0. The summed E-state index contributed by atoms with van der Waals surface area (Å²) in [6, 6.07) is 22.2. The lowest BCUT2D eigenvalue weighted by Crippen LogP contribution is -2.33. The smallest absolute Gasteiger partial charge is 0.332 e. The van der Waals surface area contributed by atoms with Crippen LogP contribution in [0.2, 0.25) is 0 Å². The molecule has 20 heteroatoms. The number of aromatic amines is 2.